The summed E-state index contributed by atoms with van der Waals surface area (Å²) < 4.78 is 0. The van der Waals surface area contributed by atoms with Gasteiger partial charge in [0.15, 0.2) is 0 Å². The number of hydrogen-bond acceptors (Lipinski definition) is 5. The Morgan fingerprint density at radius 1 is 1.22 bits per heavy atom. The van der Waals surface area contributed by atoms with E-state index in [1.165, 1.54) is 11.3 Å². The van der Waals surface area contributed by atoms with Crippen LogP contribution in [0, 0.1) is 11.3 Å². The molecule has 132 valence electrons. The lowest BCUT2D eigenvalue weighted by atomic mass is 9.97. The Labute approximate surface area is 160 Å². The van der Waals surface area contributed by atoms with Gasteiger partial charge in [-0.05, 0) is 30.7 Å². The van der Waals surface area contributed by atoms with Gasteiger partial charge < -0.3 is 10.6 Å². The van der Waals surface area contributed by atoms with Gasteiger partial charge in [0.1, 0.15) is 5.01 Å². The summed E-state index contributed by atoms with van der Waals surface area (Å²) in [6.07, 6.45) is 3.45. The molecule has 2 amide bonds. The quantitative estimate of drug-likeness (QED) is 0.729. The van der Waals surface area contributed by atoms with Gasteiger partial charge >= 0.3 is 6.03 Å². The van der Waals surface area contributed by atoms with Crippen molar-refractivity contribution in [3.8, 4) is 17.3 Å². The Balaban J connectivity index is 1.74. The first-order valence-electron chi connectivity index (χ1n) is 8.30. The van der Waals surface area contributed by atoms with Gasteiger partial charge in [-0.3, -0.25) is 4.98 Å². The molecule has 0 radical (unpaired) electrons. The molecule has 1 atom stereocenters. The first-order valence-corrected chi connectivity index (χ1v) is 9.18. The highest BCUT2D eigenvalue weighted by molar-refractivity contribution is 7.11. The number of nitrogens with one attached hydrogen (secondary N) is 2. The smallest absolute Gasteiger partial charge is 0.319 e. The van der Waals surface area contributed by atoms with Gasteiger partial charge in [-0.25, -0.2) is 9.78 Å². The van der Waals surface area contributed by atoms with E-state index in [2.05, 4.69) is 21.7 Å². The zero-order valence-corrected chi connectivity index (χ0v) is 15.2. The van der Waals surface area contributed by atoms with E-state index >= 15 is 0 Å². The molecule has 6 nitrogen and oxygen atoms in total. The second-order valence-corrected chi connectivity index (χ2v) is 6.94. The Morgan fingerprint density at radius 3 is 2.74 bits per heavy atom. The molecule has 3 heterocycles. The number of pyridine rings is 1. The maximum atomic E-state index is 12.0. The number of carbonyl (C=O) groups excluding carboxylic acids is 1. The number of urea groups is 1. The van der Waals surface area contributed by atoms with Crippen LogP contribution in [0.3, 0.4) is 0 Å². The molecule has 0 saturated heterocycles. The van der Waals surface area contributed by atoms with E-state index in [1.54, 1.807) is 24.5 Å². The Kier molecular flexibility index (Phi) is 4.40. The Bertz CT molecular complexity index is 1060. The monoisotopic (exact) mass is 373 g/mol. The highest BCUT2D eigenvalue weighted by Crippen LogP contribution is 2.37. The summed E-state index contributed by atoms with van der Waals surface area (Å²) in [4.78, 5) is 20.9. The van der Waals surface area contributed by atoms with Gasteiger partial charge in [0.2, 0.25) is 0 Å². The number of benzene rings is 1. The highest BCUT2D eigenvalue weighted by Gasteiger charge is 2.29. The fourth-order valence-electron chi connectivity index (χ4n) is 3.02. The molecule has 1 aliphatic rings. The van der Waals surface area contributed by atoms with Crippen molar-refractivity contribution in [3.63, 3.8) is 0 Å². The number of aromatic nitrogens is 2. The molecule has 1 unspecified atom stereocenters. The molecule has 3 aromatic rings. The van der Waals surface area contributed by atoms with Crippen LogP contribution in [0.25, 0.3) is 16.8 Å². The van der Waals surface area contributed by atoms with Gasteiger partial charge in [-0.1, -0.05) is 18.2 Å². The van der Waals surface area contributed by atoms with Gasteiger partial charge in [0.25, 0.3) is 0 Å². The highest BCUT2D eigenvalue weighted by atomic mass is 32.1. The Hall–Kier alpha value is -3.50. The predicted octanol–water partition coefficient (Wildman–Crippen LogP) is 3.86. The van der Waals surface area contributed by atoms with Crippen LogP contribution in [0.2, 0.25) is 0 Å². The van der Waals surface area contributed by atoms with Gasteiger partial charge in [-0.15, -0.1) is 11.3 Å². The fourth-order valence-corrected chi connectivity index (χ4v) is 3.98. The lowest BCUT2D eigenvalue weighted by molar-refractivity contribution is 0.240. The van der Waals surface area contributed by atoms with Crippen LogP contribution in [0.1, 0.15) is 29.1 Å². The maximum absolute atomic E-state index is 12.0. The lowest BCUT2D eigenvalue weighted by Gasteiger charge is -2.28. The van der Waals surface area contributed by atoms with E-state index in [-0.39, 0.29) is 12.1 Å². The third kappa shape index (κ3) is 3.30. The van der Waals surface area contributed by atoms with E-state index in [9.17, 15) is 4.79 Å². The standard InChI is InChI=1S/C20H15N5OS/c1-12-17(18(25-20(26)23-12)15-3-2-8-22-10-15)19-24-16(11-27-19)14-6-4-13(9-21)5-7-14/h2-8,10-11,18H,1H3,(H2,23,25,26). The van der Waals surface area contributed by atoms with E-state index < -0.39 is 0 Å². The average molecular weight is 373 g/mol. The van der Waals surface area contributed by atoms with Crippen LogP contribution in [-0.4, -0.2) is 16.0 Å². The SMILES string of the molecule is CC1=C(c2nc(-c3ccc(C#N)cc3)cs2)C(c2cccnc2)NC(=O)N1. The molecule has 0 saturated carbocycles. The minimum absolute atomic E-state index is 0.242. The summed E-state index contributed by atoms with van der Waals surface area (Å²) in [6, 6.07) is 12.7. The van der Waals surface area contributed by atoms with E-state index in [4.69, 9.17) is 10.2 Å². The maximum Gasteiger partial charge on any atom is 0.319 e. The first-order chi connectivity index (χ1) is 13.2. The number of thiazole rings is 1. The van der Waals surface area contributed by atoms with Crippen molar-refractivity contribution in [1.82, 2.24) is 20.6 Å². The van der Waals surface area contributed by atoms with Crippen LogP contribution in [0.15, 0.2) is 59.9 Å². The third-order valence-electron chi connectivity index (χ3n) is 4.33. The number of carbonyl (C=O) groups is 1. The van der Waals surface area contributed by atoms with Gasteiger partial charge in [0, 0.05) is 34.6 Å². The number of hydrogen-bond donors (Lipinski definition) is 2. The molecular formula is C20H15N5OS. The minimum atomic E-state index is -0.313. The largest absolute Gasteiger partial charge is 0.327 e. The topological polar surface area (TPSA) is 90.7 Å². The van der Waals surface area contributed by atoms with Gasteiger partial charge in [-0.2, -0.15) is 5.26 Å². The molecular weight excluding hydrogens is 358 g/mol. The third-order valence-corrected chi connectivity index (χ3v) is 5.21. The molecule has 0 aliphatic carbocycles. The number of rotatable bonds is 3. The lowest BCUT2D eigenvalue weighted by Crippen LogP contribution is -2.42. The second-order valence-electron chi connectivity index (χ2n) is 6.08. The zero-order valence-electron chi connectivity index (χ0n) is 14.4. The van der Waals surface area contributed by atoms with Crippen molar-refractivity contribution >= 4 is 22.9 Å². The number of allylic oxidation sites excluding steroid dienone is 1. The first kappa shape index (κ1) is 16.9. The average Bonchev–Trinajstić information content (AvgIpc) is 3.18. The molecule has 7 heteroatoms. The molecule has 0 spiro atoms. The summed E-state index contributed by atoms with van der Waals surface area (Å²) in [7, 11) is 0. The van der Waals surface area contributed by atoms with Crippen LogP contribution >= 0.6 is 11.3 Å². The molecule has 1 aliphatic heterocycles. The molecule has 1 aromatic carbocycles. The van der Waals surface area contributed by atoms with Crippen molar-refractivity contribution in [2.75, 3.05) is 0 Å². The zero-order chi connectivity index (χ0) is 18.8. The van der Waals surface area contributed by atoms with Crippen molar-refractivity contribution in [1.29, 1.82) is 5.26 Å². The number of amides is 2. The Morgan fingerprint density at radius 2 is 2.04 bits per heavy atom. The molecule has 2 aromatic heterocycles. The summed E-state index contributed by atoms with van der Waals surface area (Å²) in [5.41, 5.74) is 4.99. The fraction of sp³-hybridized carbons (Fsp3) is 0.100. The summed E-state index contributed by atoms with van der Waals surface area (Å²) in [5.74, 6) is 0. The second kappa shape index (κ2) is 7.02. The number of nitrogens with zero attached hydrogens (tertiary/aromatic N) is 3. The van der Waals surface area contributed by atoms with E-state index in [0.717, 1.165) is 33.1 Å². The van der Waals surface area contributed by atoms with Crippen molar-refractivity contribution in [2.24, 2.45) is 0 Å². The van der Waals surface area contributed by atoms with Crippen LogP contribution in [0.5, 0.6) is 0 Å². The van der Waals surface area contributed by atoms with Crippen LogP contribution in [-0.2, 0) is 0 Å². The summed E-state index contributed by atoms with van der Waals surface area (Å²) in [5, 5.41) is 17.5. The van der Waals surface area contributed by atoms with Gasteiger partial charge in [0.05, 0.1) is 23.4 Å². The molecule has 27 heavy (non-hydrogen) atoms. The van der Waals surface area contributed by atoms with Crippen LogP contribution < -0.4 is 10.6 Å². The van der Waals surface area contributed by atoms with E-state index in [1.807, 2.05) is 36.6 Å². The van der Waals surface area contributed by atoms with Crippen LogP contribution in [0.4, 0.5) is 4.79 Å². The summed E-state index contributed by atoms with van der Waals surface area (Å²) >= 11 is 1.52. The van der Waals surface area contributed by atoms with Crippen molar-refractivity contribution in [2.45, 2.75) is 13.0 Å². The number of nitriles is 1. The summed E-state index contributed by atoms with van der Waals surface area (Å²) in [6.45, 7) is 1.88. The molecule has 4 rings (SSSR count). The molecule has 0 bridgehead atoms. The van der Waals surface area contributed by atoms with Crippen molar-refractivity contribution < 1.29 is 4.79 Å². The molecule has 2 N–H and O–H groups in total. The predicted molar refractivity (Wildman–Crippen MR) is 104 cm³/mol. The van der Waals surface area contributed by atoms with E-state index in [0.29, 0.717) is 5.56 Å². The minimum Gasteiger partial charge on any atom is -0.327 e. The van der Waals surface area contributed by atoms with Crippen molar-refractivity contribution in [3.05, 3.63) is 76.0 Å². The normalized spacial score (nSPS) is 16.4. The molecule has 0 fully saturated rings.